The molecule has 0 aliphatic carbocycles. The van der Waals surface area contributed by atoms with Gasteiger partial charge in [0, 0.05) is 6.42 Å². The van der Waals surface area contributed by atoms with Crippen LogP contribution in [0.1, 0.15) is 73.6 Å². The number of hydrogen-bond acceptors (Lipinski definition) is 4. The molecule has 0 unspecified atom stereocenters. The summed E-state index contributed by atoms with van der Waals surface area (Å²) >= 11 is 0. The maximum atomic E-state index is 11.3. The highest BCUT2D eigenvalue weighted by atomic mass is 17.5. The molecule has 18 heavy (non-hydrogen) atoms. The van der Waals surface area contributed by atoms with E-state index < -0.39 is 5.60 Å². The Morgan fingerprint density at radius 3 is 2.17 bits per heavy atom. The van der Waals surface area contributed by atoms with Crippen molar-refractivity contribution < 1.29 is 19.6 Å². The Morgan fingerprint density at radius 2 is 1.67 bits per heavy atom. The van der Waals surface area contributed by atoms with E-state index in [0.717, 1.165) is 25.7 Å². The molecule has 0 rings (SSSR count). The lowest BCUT2D eigenvalue weighted by molar-refractivity contribution is -0.518. The van der Waals surface area contributed by atoms with E-state index in [9.17, 15) is 4.79 Å². The largest absolute Gasteiger partial charge is 0.345 e. The van der Waals surface area contributed by atoms with Crippen LogP contribution in [-0.2, 0) is 19.6 Å². The first kappa shape index (κ1) is 17.4. The van der Waals surface area contributed by atoms with Gasteiger partial charge in [0.15, 0.2) is 0 Å². The SMILES string of the molecule is CCCCCC(=O)OOOC(C)(C)CC(C)(C)C. The van der Waals surface area contributed by atoms with Crippen molar-refractivity contribution in [3.05, 3.63) is 0 Å². The predicted molar refractivity (Wildman–Crippen MR) is 70.6 cm³/mol. The number of unbranched alkanes of at least 4 members (excludes halogenated alkanes) is 2. The quantitative estimate of drug-likeness (QED) is 0.373. The van der Waals surface area contributed by atoms with Crippen molar-refractivity contribution in [3.63, 3.8) is 0 Å². The molecule has 108 valence electrons. The summed E-state index contributed by atoms with van der Waals surface area (Å²) < 4.78 is 0. The summed E-state index contributed by atoms with van der Waals surface area (Å²) in [5.41, 5.74) is -0.361. The molecule has 4 heteroatoms. The van der Waals surface area contributed by atoms with E-state index >= 15 is 0 Å². The molecule has 0 bridgehead atoms. The third kappa shape index (κ3) is 10.5. The fraction of sp³-hybridized carbons (Fsp3) is 0.929. The van der Waals surface area contributed by atoms with Crippen molar-refractivity contribution in [3.8, 4) is 0 Å². The number of carbonyl (C=O) groups is 1. The summed E-state index contributed by atoms with van der Waals surface area (Å²) in [5, 5.41) is 4.59. The van der Waals surface area contributed by atoms with Crippen molar-refractivity contribution in [2.75, 3.05) is 0 Å². The van der Waals surface area contributed by atoms with E-state index in [1.54, 1.807) is 0 Å². The minimum absolute atomic E-state index is 0.123. The molecule has 0 aromatic rings. The van der Waals surface area contributed by atoms with Gasteiger partial charge in [-0.15, -0.1) is 0 Å². The van der Waals surface area contributed by atoms with Crippen LogP contribution in [0.5, 0.6) is 0 Å². The zero-order valence-corrected chi connectivity index (χ0v) is 12.7. The second-order valence-corrected chi connectivity index (χ2v) is 6.56. The third-order valence-corrected chi connectivity index (χ3v) is 2.33. The average Bonchev–Trinajstić information content (AvgIpc) is 2.13. The third-order valence-electron chi connectivity index (χ3n) is 2.33. The van der Waals surface area contributed by atoms with E-state index in [-0.39, 0.29) is 11.4 Å². The molecule has 0 atom stereocenters. The van der Waals surface area contributed by atoms with Gasteiger partial charge in [-0.2, -0.15) is 4.89 Å². The summed E-state index contributed by atoms with van der Waals surface area (Å²) in [6, 6.07) is 0. The van der Waals surface area contributed by atoms with E-state index in [0.29, 0.717) is 6.42 Å². The van der Waals surface area contributed by atoms with Crippen molar-refractivity contribution in [2.24, 2.45) is 5.41 Å². The van der Waals surface area contributed by atoms with Gasteiger partial charge in [-0.1, -0.05) is 40.5 Å². The molecule has 0 radical (unpaired) electrons. The highest BCUT2D eigenvalue weighted by Gasteiger charge is 2.28. The molecular formula is C14H28O4. The van der Waals surface area contributed by atoms with Gasteiger partial charge in [-0.3, -0.25) is 4.89 Å². The fourth-order valence-corrected chi connectivity index (χ4v) is 2.01. The number of hydrogen-bond donors (Lipinski definition) is 0. The van der Waals surface area contributed by atoms with Crippen molar-refractivity contribution in [1.82, 2.24) is 0 Å². The zero-order chi connectivity index (χ0) is 14.2. The Bertz CT molecular complexity index is 241. The molecule has 0 heterocycles. The lowest BCUT2D eigenvalue weighted by Gasteiger charge is -2.29. The molecule has 0 saturated carbocycles. The van der Waals surface area contributed by atoms with Crippen LogP contribution < -0.4 is 0 Å². The first-order valence-corrected chi connectivity index (χ1v) is 6.71. The van der Waals surface area contributed by atoms with Crippen LogP contribution in [0.3, 0.4) is 0 Å². The first-order chi connectivity index (χ1) is 8.16. The van der Waals surface area contributed by atoms with Gasteiger partial charge >= 0.3 is 5.97 Å². The second-order valence-electron chi connectivity index (χ2n) is 6.56. The molecule has 0 aliphatic rings. The monoisotopic (exact) mass is 260 g/mol. The maximum absolute atomic E-state index is 11.3. The Labute approximate surface area is 111 Å². The predicted octanol–water partition coefficient (Wildman–Crippen LogP) is 4.19. The van der Waals surface area contributed by atoms with Crippen LogP contribution in [0, 0.1) is 5.41 Å². The molecule has 4 nitrogen and oxygen atoms in total. The Morgan fingerprint density at radius 1 is 1.06 bits per heavy atom. The number of carbonyl (C=O) groups excluding carboxylic acids is 1. The summed E-state index contributed by atoms with van der Waals surface area (Å²) in [6.07, 6.45) is 4.09. The van der Waals surface area contributed by atoms with Gasteiger partial charge in [0.05, 0.1) is 0 Å². The molecule has 0 spiro atoms. The van der Waals surface area contributed by atoms with E-state index in [1.807, 2.05) is 13.8 Å². The highest BCUT2D eigenvalue weighted by molar-refractivity contribution is 5.68. The zero-order valence-electron chi connectivity index (χ0n) is 12.7. The van der Waals surface area contributed by atoms with Crippen molar-refractivity contribution in [2.45, 2.75) is 79.2 Å². The Hall–Kier alpha value is -0.610. The summed E-state index contributed by atoms with van der Waals surface area (Å²) in [7, 11) is 0. The molecule has 0 amide bonds. The van der Waals surface area contributed by atoms with Crippen LogP contribution in [0.2, 0.25) is 0 Å². The molecule has 0 saturated heterocycles. The molecule has 0 fully saturated rings. The smallest absolute Gasteiger partial charge is 0.269 e. The first-order valence-electron chi connectivity index (χ1n) is 6.71. The van der Waals surface area contributed by atoms with Crippen molar-refractivity contribution in [1.29, 1.82) is 0 Å². The van der Waals surface area contributed by atoms with E-state index in [2.05, 4.69) is 37.6 Å². The number of rotatable bonds is 8. The van der Waals surface area contributed by atoms with Gasteiger partial charge in [0.1, 0.15) is 5.60 Å². The lowest BCUT2D eigenvalue weighted by atomic mass is 9.84. The van der Waals surface area contributed by atoms with Gasteiger partial charge in [-0.25, -0.2) is 4.79 Å². The van der Waals surface area contributed by atoms with Gasteiger partial charge in [-0.05, 0) is 37.1 Å². The summed E-state index contributed by atoms with van der Waals surface area (Å²) in [5.74, 6) is -0.380. The molecule has 0 N–H and O–H groups in total. The van der Waals surface area contributed by atoms with Crippen LogP contribution in [0.4, 0.5) is 0 Å². The average molecular weight is 260 g/mol. The van der Waals surface area contributed by atoms with Gasteiger partial charge in [0.2, 0.25) is 0 Å². The molecule has 0 aliphatic heterocycles. The van der Waals surface area contributed by atoms with Crippen LogP contribution in [0.15, 0.2) is 0 Å². The van der Waals surface area contributed by atoms with E-state index in [4.69, 9.17) is 4.89 Å². The fourth-order valence-electron chi connectivity index (χ4n) is 2.01. The second kappa shape index (κ2) is 7.74. The maximum Gasteiger partial charge on any atom is 0.345 e. The normalized spacial score (nSPS) is 12.6. The minimum Gasteiger partial charge on any atom is -0.269 e. The Kier molecular flexibility index (Phi) is 7.48. The molecular weight excluding hydrogens is 232 g/mol. The standard InChI is InChI=1S/C14H28O4/c1-7-8-9-10-12(15)16-18-17-14(5,6)11-13(2,3)4/h7-11H2,1-6H3. The molecule has 0 aromatic carbocycles. The van der Waals surface area contributed by atoms with Crippen LogP contribution >= 0.6 is 0 Å². The highest BCUT2D eigenvalue weighted by Crippen LogP contribution is 2.29. The Balaban J connectivity index is 3.79. The van der Waals surface area contributed by atoms with E-state index in [1.165, 1.54) is 0 Å². The molecule has 0 aromatic heterocycles. The minimum atomic E-state index is -0.484. The van der Waals surface area contributed by atoms with Crippen molar-refractivity contribution >= 4 is 5.97 Å². The van der Waals surface area contributed by atoms with Gasteiger partial charge < -0.3 is 0 Å². The van der Waals surface area contributed by atoms with Crippen LogP contribution in [0.25, 0.3) is 0 Å². The lowest BCUT2D eigenvalue weighted by Crippen LogP contribution is -2.30. The van der Waals surface area contributed by atoms with Gasteiger partial charge in [0.25, 0.3) is 0 Å². The topological polar surface area (TPSA) is 44.8 Å². The summed E-state index contributed by atoms with van der Waals surface area (Å²) in [4.78, 5) is 21.0. The van der Waals surface area contributed by atoms with Crippen LogP contribution in [-0.4, -0.2) is 11.6 Å². The summed E-state index contributed by atoms with van der Waals surface area (Å²) in [6.45, 7) is 12.3.